The van der Waals surface area contributed by atoms with E-state index >= 15 is 0 Å². The summed E-state index contributed by atoms with van der Waals surface area (Å²) < 4.78 is 26.5. The van der Waals surface area contributed by atoms with Crippen LogP contribution in [0, 0.1) is 24.6 Å². The van der Waals surface area contributed by atoms with Crippen molar-refractivity contribution >= 4 is 16.9 Å². The van der Waals surface area contributed by atoms with E-state index in [1.165, 1.54) is 13.2 Å². The molecule has 33 heavy (non-hydrogen) atoms. The molecule has 0 spiro atoms. The van der Waals surface area contributed by atoms with Crippen molar-refractivity contribution in [2.24, 2.45) is 0 Å². The summed E-state index contributed by atoms with van der Waals surface area (Å²) in [6.45, 7) is 8.45. The van der Waals surface area contributed by atoms with E-state index in [0.717, 1.165) is 35.1 Å². The molecule has 0 aliphatic heterocycles. The molecule has 5 nitrogen and oxygen atoms in total. The molecule has 1 atom stereocenters. The third-order valence-electron chi connectivity index (χ3n) is 5.50. The summed E-state index contributed by atoms with van der Waals surface area (Å²) in [5.74, 6) is 4.63. The van der Waals surface area contributed by atoms with Crippen LogP contribution in [0.3, 0.4) is 0 Å². The first-order valence-electron chi connectivity index (χ1n) is 11.1. The molecule has 0 saturated carbocycles. The highest BCUT2D eigenvalue weighted by Gasteiger charge is 2.25. The monoisotopic (exact) mass is 451 g/mol. The van der Waals surface area contributed by atoms with Crippen molar-refractivity contribution in [3.63, 3.8) is 0 Å². The van der Waals surface area contributed by atoms with Gasteiger partial charge in [-0.3, -0.25) is 0 Å². The molecule has 0 saturated heterocycles. The summed E-state index contributed by atoms with van der Waals surface area (Å²) in [6, 6.07) is 10.7. The molecule has 1 aromatic heterocycles. The van der Waals surface area contributed by atoms with Crippen LogP contribution in [0.2, 0.25) is 0 Å². The lowest BCUT2D eigenvalue weighted by Gasteiger charge is -2.17. The van der Waals surface area contributed by atoms with E-state index in [0.29, 0.717) is 23.5 Å². The fourth-order valence-corrected chi connectivity index (χ4v) is 3.89. The zero-order chi connectivity index (χ0) is 24.1. The van der Waals surface area contributed by atoms with Gasteiger partial charge in [0, 0.05) is 28.3 Å². The molecule has 1 unspecified atom stereocenters. The minimum absolute atomic E-state index is 0.00297. The Bertz CT molecular complexity index is 1220. The molecule has 0 aliphatic rings. The van der Waals surface area contributed by atoms with Gasteiger partial charge in [-0.05, 0) is 61.2 Å². The number of aliphatic hydroxyl groups is 1. The number of fused-ring (bicyclic) bond motifs is 1. The van der Waals surface area contributed by atoms with Gasteiger partial charge < -0.3 is 19.1 Å². The molecule has 0 aliphatic carbocycles. The number of esters is 1. The Morgan fingerprint density at radius 2 is 1.97 bits per heavy atom. The Hall–Kier alpha value is -3.30. The molecule has 0 amide bonds. The van der Waals surface area contributed by atoms with Gasteiger partial charge in [0.05, 0.1) is 19.2 Å². The van der Waals surface area contributed by atoms with Crippen molar-refractivity contribution < 1.29 is 23.8 Å². The molecule has 1 N–H and O–H groups in total. The van der Waals surface area contributed by atoms with E-state index in [2.05, 4.69) is 23.5 Å². The van der Waals surface area contributed by atoms with Crippen LogP contribution in [0.1, 0.15) is 62.5 Å². The fraction of sp³-hybridized carbons (Fsp3) is 0.370. The minimum atomic E-state index is -1.22. The third-order valence-corrected chi connectivity index (χ3v) is 5.50. The number of methoxy groups -OCH3 is 1. The lowest BCUT2D eigenvalue weighted by Crippen LogP contribution is -2.07. The quantitative estimate of drug-likeness (QED) is 0.220. The number of aliphatic hydroxyl groups excluding tert-OH is 1. The van der Waals surface area contributed by atoms with Crippen molar-refractivity contribution in [3.05, 3.63) is 59.0 Å². The lowest BCUT2D eigenvalue weighted by atomic mass is 9.98. The first kappa shape index (κ1) is 24.3. The summed E-state index contributed by atoms with van der Waals surface area (Å²) in [5, 5.41) is 11.8. The maximum Gasteiger partial charge on any atom is 0.384 e. The maximum atomic E-state index is 14.0. The number of unbranched alkanes of at least 4 members (excludes halogenated alkanes) is 1. The van der Waals surface area contributed by atoms with E-state index in [-0.39, 0.29) is 11.7 Å². The summed E-state index contributed by atoms with van der Waals surface area (Å²) in [6.07, 6.45) is 0.732. The zero-order valence-corrected chi connectivity index (χ0v) is 19.7. The number of aromatic nitrogens is 1. The van der Waals surface area contributed by atoms with Crippen molar-refractivity contribution in [2.45, 2.75) is 52.6 Å². The van der Waals surface area contributed by atoms with Crippen LogP contribution < -0.4 is 4.74 Å². The highest BCUT2D eigenvalue weighted by Crippen LogP contribution is 2.39. The fourth-order valence-electron chi connectivity index (χ4n) is 3.89. The second kappa shape index (κ2) is 10.5. The van der Waals surface area contributed by atoms with Crippen molar-refractivity contribution in [2.75, 3.05) is 13.7 Å². The normalized spacial score (nSPS) is 11.9. The topological polar surface area (TPSA) is 60.7 Å². The van der Waals surface area contributed by atoms with Gasteiger partial charge in [0.25, 0.3) is 0 Å². The Balaban J connectivity index is 2.30. The van der Waals surface area contributed by atoms with Crippen LogP contribution in [0.4, 0.5) is 4.39 Å². The smallest absolute Gasteiger partial charge is 0.384 e. The number of ether oxygens (including phenoxy) is 2. The highest BCUT2D eigenvalue weighted by molar-refractivity contribution is 5.91. The summed E-state index contributed by atoms with van der Waals surface area (Å²) in [5.41, 5.74) is 3.56. The SMILES string of the molecule is CCCCOc1ccc2c(c1)c(C(O)C#CC(=O)OC)c(C(C)C)n2-c1ccc(F)c(C)c1. The molecule has 2 aromatic carbocycles. The zero-order valence-electron chi connectivity index (χ0n) is 19.7. The second-order valence-electron chi connectivity index (χ2n) is 8.27. The molecule has 1 heterocycles. The molecule has 0 bridgehead atoms. The third kappa shape index (κ3) is 5.20. The number of hydrogen-bond acceptors (Lipinski definition) is 4. The number of benzene rings is 2. The highest BCUT2D eigenvalue weighted by atomic mass is 19.1. The molecular formula is C27H30FNO4. The van der Waals surface area contributed by atoms with Crippen LogP contribution in [0.25, 0.3) is 16.6 Å². The van der Waals surface area contributed by atoms with E-state index in [1.54, 1.807) is 19.1 Å². The van der Waals surface area contributed by atoms with Crippen LogP contribution in [-0.2, 0) is 9.53 Å². The van der Waals surface area contributed by atoms with Crippen LogP contribution in [0.5, 0.6) is 5.75 Å². The molecule has 3 aromatic rings. The summed E-state index contributed by atoms with van der Waals surface area (Å²) in [4.78, 5) is 11.6. The number of aryl methyl sites for hydroxylation is 1. The molecule has 0 fully saturated rings. The number of hydrogen-bond donors (Lipinski definition) is 1. The standard InChI is InChI=1S/C27H30FNO4/c1-6-7-14-33-20-9-11-23-21(16-20)26(24(30)12-13-25(31)32-5)27(17(2)3)29(23)19-8-10-22(28)18(4)15-19/h8-11,15-17,24,30H,6-7,14H2,1-5H3. The Labute approximate surface area is 194 Å². The van der Waals surface area contributed by atoms with Gasteiger partial charge in [-0.1, -0.05) is 33.1 Å². The van der Waals surface area contributed by atoms with Crippen molar-refractivity contribution in [1.82, 2.24) is 4.57 Å². The average Bonchev–Trinajstić information content (AvgIpc) is 3.14. The van der Waals surface area contributed by atoms with Gasteiger partial charge in [0.15, 0.2) is 0 Å². The predicted molar refractivity (Wildman–Crippen MR) is 127 cm³/mol. The maximum absolute atomic E-state index is 14.0. The molecule has 0 radical (unpaired) electrons. The molecule has 3 rings (SSSR count). The van der Waals surface area contributed by atoms with E-state index < -0.39 is 12.1 Å². The van der Waals surface area contributed by atoms with Crippen LogP contribution in [-0.4, -0.2) is 29.4 Å². The minimum Gasteiger partial charge on any atom is -0.494 e. The van der Waals surface area contributed by atoms with Gasteiger partial charge in [0.1, 0.15) is 17.7 Å². The molecule has 174 valence electrons. The Morgan fingerprint density at radius 1 is 1.21 bits per heavy atom. The predicted octanol–water partition coefficient (Wildman–Crippen LogP) is 5.59. The van der Waals surface area contributed by atoms with Gasteiger partial charge in [-0.2, -0.15) is 0 Å². The first-order valence-corrected chi connectivity index (χ1v) is 11.1. The van der Waals surface area contributed by atoms with E-state index in [4.69, 9.17) is 4.74 Å². The number of nitrogens with zero attached hydrogens (tertiary/aromatic N) is 1. The van der Waals surface area contributed by atoms with Gasteiger partial charge >= 0.3 is 5.97 Å². The lowest BCUT2D eigenvalue weighted by molar-refractivity contribution is -0.133. The first-order chi connectivity index (χ1) is 15.8. The van der Waals surface area contributed by atoms with Crippen molar-refractivity contribution in [3.8, 4) is 23.3 Å². The number of rotatable bonds is 7. The van der Waals surface area contributed by atoms with E-state index in [1.807, 2.05) is 36.6 Å². The Morgan fingerprint density at radius 3 is 2.61 bits per heavy atom. The van der Waals surface area contributed by atoms with E-state index in [9.17, 15) is 14.3 Å². The number of carbonyl (C=O) groups excluding carboxylic acids is 1. The summed E-state index contributed by atoms with van der Waals surface area (Å²) in [7, 11) is 1.24. The van der Waals surface area contributed by atoms with Gasteiger partial charge in [0.2, 0.25) is 0 Å². The Kier molecular flexibility index (Phi) is 7.78. The van der Waals surface area contributed by atoms with Gasteiger partial charge in [-0.25, -0.2) is 9.18 Å². The van der Waals surface area contributed by atoms with Gasteiger partial charge in [-0.15, -0.1) is 0 Å². The van der Waals surface area contributed by atoms with Crippen LogP contribution >= 0.6 is 0 Å². The largest absolute Gasteiger partial charge is 0.494 e. The van der Waals surface area contributed by atoms with Crippen LogP contribution in [0.15, 0.2) is 36.4 Å². The number of carbonyl (C=O) groups is 1. The molecular weight excluding hydrogens is 421 g/mol. The summed E-state index contributed by atoms with van der Waals surface area (Å²) >= 11 is 0. The van der Waals surface area contributed by atoms with Crippen molar-refractivity contribution in [1.29, 1.82) is 0 Å². The average molecular weight is 452 g/mol. The second-order valence-corrected chi connectivity index (χ2v) is 8.27. The number of halogens is 1. The molecule has 6 heteroatoms.